The molecule has 5 nitrogen and oxygen atoms in total. The lowest BCUT2D eigenvalue weighted by atomic mass is 9.98. The molecule has 2 aromatic rings. The maximum absolute atomic E-state index is 12.8. The molecule has 28 heavy (non-hydrogen) atoms. The summed E-state index contributed by atoms with van der Waals surface area (Å²) in [5.74, 6) is 0.155. The Morgan fingerprint density at radius 2 is 1.68 bits per heavy atom. The van der Waals surface area contributed by atoms with Gasteiger partial charge in [0.15, 0.2) is 5.84 Å². The molecule has 1 aliphatic carbocycles. The standard InChI is InChI=1S/C21H24N2O3S2/c1-16-12-14-19(15-13-16)28(24,25)23-20(17-8-4-2-5-9-17)22-21(27)26-18-10-6-3-7-11-18/h2,4-5,8-9,12-15,18H,3,6-7,10-11H2,1H3,(H,22,23,27). The quantitative estimate of drug-likeness (QED) is 0.456. The Balaban J connectivity index is 1.85. The number of rotatable bonds is 4. The minimum atomic E-state index is -3.89. The average molecular weight is 417 g/mol. The lowest BCUT2D eigenvalue weighted by molar-refractivity contribution is 0.143. The molecule has 0 bridgehead atoms. The van der Waals surface area contributed by atoms with Crippen LogP contribution < -0.4 is 5.32 Å². The van der Waals surface area contributed by atoms with Gasteiger partial charge >= 0.3 is 0 Å². The van der Waals surface area contributed by atoms with Crippen molar-refractivity contribution in [2.24, 2.45) is 4.40 Å². The fourth-order valence-corrected chi connectivity index (χ4v) is 4.30. The molecule has 0 aromatic heterocycles. The molecule has 1 fully saturated rings. The molecule has 0 atom stereocenters. The zero-order valence-electron chi connectivity index (χ0n) is 15.8. The normalized spacial score (nSPS) is 15.8. The van der Waals surface area contributed by atoms with Crippen LogP contribution in [0.3, 0.4) is 0 Å². The highest BCUT2D eigenvalue weighted by molar-refractivity contribution is 7.90. The molecule has 7 heteroatoms. The van der Waals surface area contributed by atoms with Crippen LogP contribution in [0.5, 0.6) is 0 Å². The Morgan fingerprint density at radius 3 is 2.32 bits per heavy atom. The first kappa shape index (κ1) is 20.5. The highest BCUT2D eigenvalue weighted by Gasteiger charge is 2.19. The van der Waals surface area contributed by atoms with Crippen LogP contribution >= 0.6 is 12.2 Å². The molecule has 3 rings (SSSR count). The lowest BCUT2D eigenvalue weighted by Crippen LogP contribution is -2.35. The van der Waals surface area contributed by atoms with Crippen LogP contribution in [0, 0.1) is 6.92 Å². The van der Waals surface area contributed by atoms with Crippen LogP contribution in [0.25, 0.3) is 0 Å². The zero-order chi connectivity index (χ0) is 20.0. The number of thiocarbonyl (C=S) groups is 1. The molecule has 0 saturated heterocycles. The number of benzene rings is 2. The van der Waals surface area contributed by atoms with Gasteiger partial charge in [0.2, 0.25) is 0 Å². The Labute approximate surface area is 171 Å². The number of ether oxygens (including phenoxy) is 1. The summed E-state index contributed by atoms with van der Waals surface area (Å²) in [4.78, 5) is 0.132. The summed E-state index contributed by atoms with van der Waals surface area (Å²) in [6.45, 7) is 1.90. The van der Waals surface area contributed by atoms with Crippen molar-refractivity contribution in [1.82, 2.24) is 5.32 Å². The highest BCUT2D eigenvalue weighted by atomic mass is 32.2. The van der Waals surface area contributed by atoms with Crippen LogP contribution in [0.2, 0.25) is 0 Å². The van der Waals surface area contributed by atoms with E-state index in [0.717, 1.165) is 31.2 Å². The second-order valence-electron chi connectivity index (χ2n) is 6.88. The average Bonchev–Trinajstić information content (AvgIpc) is 2.69. The van der Waals surface area contributed by atoms with Crippen LogP contribution in [-0.2, 0) is 14.8 Å². The first-order valence-electron chi connectivity index (χ1n) is 9.39. The van der Waals surface area contributed by atoms with Crippen molar-refractivity contribution in [3.63, 3.8) is 0 Å². The first-order valence-corrected chi connectivity index (χ1v) is 11.2. The van der Waals surface area contributed by atoms with Gasteiger partial charge in [0, 0.05) is 5.56 Å². The van der Waals surface area contributed by atoms with E-state index < -0.39 is 10.0 Å². The molecular formula is C21H24N2O3S2. The van der Waals surface area contributed by atoms with Crippen molar-refractivity contribution in [2.75, 3.05) is 0 Å². The molecule has 0 heterocycles. The van der Waals surface area contributed by atoms with Crippen molar-refractivity contribution in [3.8, 4) is 0 Å². The predicted molar refractivity (Wildman–Crippen MR) is 115 cm³/mol. The van der Waals surface area contributed by atoms with E-state index in [-0.39, 0.29) is 22.0 Å². The first-order chi connectivity index (χ1) is 13.4. The molecule has 148 valence electrons. The summed E-state index contributed by atoms with van der Waals surface area (Å²) in [6, 6.07) is 15.6. The Hall–Kier alpha value is -2.25. The largest absolute Gasteiger partial charge is 0.467 e. The maximum Gasteiger partial charge on any atom is 0.284 e. The van der Waals surface area contributed by atoms with Gasteiger partial charge in [-0.3, -0.25) is 0 Å². The van der Waals surface area contributed by atoms with Crippen molar-refractivity contribution in [3.05, 3.63) is 65.7 Å². The van der Waals surface area contributed by atoms with Crippen LogP contribution in [-0.4, -0.2) is 25.5 Å². The molecule has 0 aliphatic heterocycles. The number of nitrogens with one attached hydrogen (secondary N) is 1. The van der Waals surface area contributed by atoms with Crippen molar-refractivity contribution < 1.29 is 13.2 Å². The van der Waals surface area contributed by atoms with Crippen LogP contribution in [0.15, 0.2) is 63.9 Å². The number of nitrogens with zero attached hydrogens (tertiary/aromatic N) is 1. The molecule has 1 saturated carbocycles. The fraction of sp³-hybridized carbons (Fsp3) is 0.333. The van der Waals surface area contributed by atoms with Crippen molar-refractivity contribution in [1.29, 1.82) is 0 Å². The smallest absolute Gasteiger partial charge is 0.284 e. The van der Waals surface area contributed by atoms with E-state index in [1.165, 1.54) is 6.42 Å². The van der Waals surface area contributed by atoms with Crippen LogP contribution in [0.1, 0.15) is 43.2 Å². The van der Waals surface area contributed by atoms with E-state index in [4.69, 9.17) is 17.0 Å². The molecule has 1 aliphatic rings. The van der Waals surface area contributed by atoms with Gasteiger partial charge in [0.1, 0.15) is 6.10 Å². The van der Waals surface area contributed by atoms with Gasteiger partial charge < -0.3 is 10.1 Å². The van der Waals surface area contributed by atoms with Gasteiger partial charge in [0.05, 0.1) is 4.90 Å². The van der Waals surface area contributed by atoms with Gasteiger partial charge in [-0.05, 0) is 57.0 Å². The third kappa shape index (κ3) is 5.62. The van der Waals surface area contributed by atoms with E-state index in [1.807, 2.05) is 25.1 Å². The molecule has 0 radical (unpaired) electrons. The Kier molecular flexibility index (Phi) is 6.80. The molecule has 0 spiro atoms. The number of aryl methyl sites for hydroxylation is 1. The highest BCUT2D eigenvalue weighted by Crippen LogP contribution is 2.20. The topological polar surface area (TPSA) is 67.8 Å². The SMILES string of the molecule is Cc1ccc(S(=O)(=O)N=C(NC(=S)OC2CCCCC2)c2ccccc2)cc1. The minimum absolute atomic E-state index is 0.0690. The molecule has 1 N–H and O–H groups in total. The lowest BCUT2D eigenvalue weighted by Gasteiger charge is -2.23. The molecule has 2 aromatic carbocycles. The summed E-state index contributed by atoms with van der Waals surface area (Å²) >= 11 is 5.33. The van der Waals surface area contributed by atoms with Gasteiger partial charge in [-0.1, -0.05) is 54.4 Å². The Bertz CT molecular complexity index is 933. The third-order valence-electron chi connectivity index (χ3n) is 4.62. The summed E-state index contributed by atoms with van der Waals surface area (Å²) in [5.41, 5.74) is 1.60. The summed E-state index contributed by atoms with van der Waals surface area (Å²) < 4.78 is 35.4. The van der Waals surface area contributed by atoms with Crippen molar-refractivity contribution in [2.45, 2.75) is 50.0 Å². The van der Waals surface area contributed by atoms with Gasteiger partial charge in [-0.25, -0.2) is 0 Å². The van der Waals surface area contributed by atoms with Gasteiger partial charge in [0.25, 0.3) is 15.2 Å². The fourth-order valence-electron chi connectivity index (χ4n) is 3.09. The number of amidine groups is 1. The zero-order valence-corrected chi connectivity index (χ0v) is 17.4. The predicted octanol–water partition coefficient (Wildman–Crippen LogP) is 4.35. The summed E-state index contributed by atoms with van der Waals surface area (Å²) in [5, 5.41) is 3.04. The summed E-state index contributed by atoms with van der Waals surface area (Å²) in [7, 11) is -3.89. The minimum Gasteiger partial charge on any atom is -0.467 e. The Morgan fingerprint density at radius 1 is 1.04 bits per heavy atom. The number of hydrogen-bond acceptors (Lipinski definition) is 4. The van der Waals surface area contributed by atoms with E-state index in [9.17, 15) is 8.42 Å². The summed E-state index contributed by atoms with van der Waals surface area (Å²) in [6.07, 6.45) is 5.44. The van der Waals surface area contributed by atoms with E-state index in [0.29, 0.717) is 5.56 Å². The second kappa shape index (κ2) is 9.30. The van der Waals surface area contributed by atoms with Crippen molar-refractivity contribution >= 4 is 33.3 Å². The third-order valence-corrected chi connectivity index (χ3v) is 6.11. The molecular weight excluding hydrogens is 392 g/mol. The number of sulfonamides is 1. The van der Waals surface area contributed by atoms with Crippen LogP contribution in [0.4, 0.5) is 0 Å². The van der Waals surface area contributed by atoms with E-state index in [1.54, 1.807) is 36.4 Å². The molecule has 0 amide bonds. The maximum atomic E-state index is 12.8. The monoisotopic (exact) mass is 416 g/mol. The van der Waals surface area contributed by atoms with E-state index >= 15 is 0 Å². The molecule has 0 unspecified atom stereocenters. The second-order valence-corrected chi connectivity index (χ2v) is 8.86. The van der Waals surface area contributed by atoms with Gasteiger partial charge in [-0.2, -0.15) is 8.42 Å². The van der Waals surface area contributed by atoms with E-state index in [2.05, 4.69) is 9.71 Å². The number of hydrogen-bond donors (Lipinski definition) is 1. The van der Waals surface area contributed by atoms with Gasteiger partial charge in [-0.15, -0.1) is 4.40 Å².